The molecule has 2 atom stereocenters. The van der Waals surface area contributed by atoms with Crippen molar-refractivity contribution in [1.29, 1.82) is 0 Å². The fourth-order valence-corrected chi connectivity index (χ4v) is 5.32. The Morgan fingerprint density at radius 1 is 1.11 bits per heavy atom. The molecule has 12 heteroatoms. The van der Waals surface area contributed by atoms with E-state index < -0.39 is 16.9 Å². The van der Waals surface area contributed by atoms with E-state index in [1.165, 1.54) is 18.0 Å². The van der Waals surface area contributed by atoms with Gasteiger partial charge in [-0.2, -0.15) is 0 Å². The first-order valence-corrected chi connectivity index (χ1v) is 13.0. The molecule has 2 heterocycles. The molecule has 0 spiro atoms. The van der Waals surface area contributed by atoms with Crippen LogP contribution in [-0.4, -0.2) is 38.8 Å². The molecule has 0 fully saturated rings. The summed E-state index contributed by atoms with van der Waals surface area (Å²) < 4.78 is 22.6. The van der Waals surface area contributed by atoms with E-state index in [0.717, 1.165) is 0 Å². The highest BCUT2D eigenvalue weighted by atomic mass is 35.5. The molecule has 2 unspecified atom stereocenters. The molecule has 1 amide bonds. The highest BCUT2D eigenvalue weighted by molar-refractivity contribution is 7.86. The molecule has 2 N–H and O–H groups in total. The van der Waals surface area contributed by atoms with Crippen LogP contribution in [0.15, 0.2) is 64.7 Å². The number of benzene rings is 2. The minimum Gasteiger partial charge on any atom is -0.480 e. The van der Waals surface area contributed by atoms with Crippen molar-refractivity contribution in [3.05, 3.63) is 75.4 Å². The molecule has 0 aliphatic heterocycles. The van der Waals surface area contributed by atoms with E-state index in [0.29, 0.717) is 42.7 Å². The van der Waals surface area contributed by atoms with Crippen molar-refractivity contribution in [1.82, 2.24) is 19.9 Å². The van der Waals surface area contributed by atoms with Crippen molar-refractivity contribution in [2.75, 3.05) is 18.9 Å². The molecule has 2 aromatic carbocycles. The predicted molar refractivity (Wildman–Crippen MR) is 146 cm³/mol. The van der Waals surface area contributed by atoms with Crippen LogP contribution in [0, 0.1) is 5.92 Å². The number of aromatic nitrogens is 3. The standard InChI is InChI=1S/C25H23Cl2N5O4S/c1-14(23(33)28-2)12-32-13-30-21-5-4-15(6-20(21)25(32)34)16-7-22(24(36-3)29-11-16)31-37(35)19-9-17(26)8-18(27)10-19/h4-11,13-14,31H,12H2,1-3H3,(H,28,33). The summed E-state index contributed by atoms with van der Waals surface area (Å²) in [5.41, 5.74) is 1.98. The molecule has 0 radical (unpaired) electrons. The first-order chi connectivity index (χ1) is 17.7. The van der Waals surface area contributed by atoms with Crippen LogP contribution in [0.4, 0.5) is 5.69 Å². The van der Waals surface area contributed by atoms with E-state index >= 15 is 0 Å². The van der Waals surface area contributed by atoms with Crippen molar-refractivity contribution in [2.24, 2.45) is 5.92 Å². The van der Waals surface area contributed by atoms with Gasteiger partial charge in [0.05, 0.1) is 35.2 Å². The second kappa shape index (κ2) is 11.3. The number of rotatable bonds is 8. The molecule has 0 aliphatic rings. The van der Waals surface area contributed by atoms with Gasteiger partial charge in [0.1, 0.15) is 5.69 Å². The third-order valence-electron chi connectivity index (χ3n) is 5.62. The topological polar surface area (TPSA) is 115 Å². The predicted octanol–water partition coefficient (Wildman–Crippen LogP) is 4.29. The van der Waals surface area contributed by atoms with Crippen LogP contribution in [0.3, 0.4) is 0 Å². The summed E-state index contributed by atoms with van der Waals surface area (Å²) in [5.74, 6) is -0.333. The van der Waals surface area contributed by atoms with Crippen LogP contribution in [0.1, 0.15) is 6.92 Å². The Hall–Kier alpha value is -3.47. The number of carbonyl (C=O) groups is 1. The number of hydrogen-bond donors (Lipinski definition) is 2. The fraction of sp³-hybridized carbons (Fsp3) is 0.200. The van der Waals surface area contributed by atoms with Crippen LogP contribution in [-0.2, 0) is 22.3 Å². The zero-order valence-electron chi connectivity index (χ0n) is 20.1. The smallest absolute Gasteiger partial charge is 0.261 e. The summed E-state index contributed by atoms with van der Waals surface area (Å²) in [7, 11) is 1.30. The SMILES string of the molecule is CNC(=O)C(C)Cn1cnc2ccc(-c3cnc(OC)c(NS(=O)c4cc(Cl)cc(Cl)c4)c3)cc2c1=O. The Morgan fingerprint density at radius 2 is 1.84 bits per heavy atom. The Kier molecular flexibility index (Phi) is 8.11. The number of hydrogen-bond acceptors (Lipinski definition) is 6. The lowest BCUT2D eigenvalue weighted by atomic mass is 10.0. The number of anilines is 1. The maximum atomic E-state index is 13.2. The molecule has 4 rings (SSSR count). The van der Waals surface area contributed by atoms with Crippen molar-refractivity contribution < 1.29 is 13.7 Å². The summed E-state index contributed by atoms with van der Waals surface area (Å²) in [4.78, 5) is 34.2. The van der Waals surface area contributed by atoms with Crippen molar-refractivity contribution in [2.45, 2.75) is 18.4 Å². The lowest BCUT2D eigenvalue weighted by Crippen LogP contribution is -2.32. The quantitative estimate of drug-likeness (QED) is 0.332. The van der Waals surface area contributed by atoms with Crippen LogP contribution >= 0.6 is 23.2 Å². The lowest BCUT2D eigenvalue weighted by Gasteiger charge is -2.13. The van der Waals surface area contributed by atoms with Crippen LogP contribution in [0.5, 0.6) is 5.88 Å². The van der Waals surface area contributed by atoms with Gasteiger partial charge in [-0.05, 0) is 42.0 Å². The van der Waals surface area contributed by atoms with E-state index in [-0.39, 0.29) is 23.9 Å². The highest BCUT2D eigenvalue weighted by Gasteiger charge is 2.16. The molecule has 9 nitrogen and oxygen atoms in total. The lowest BCUT2D eigenvalue weighted by molar-refractivity contribution is -0.124. The first kappa shape index (κ1) is 26.6. The van der Waals surface area contributed by atoms with Crippen molar-refractivity contribution in [3.63, 3.8) is 0 Å². The van der Waals surface area contributed by atoms with Crippen LogP contribution < -0.4 is 20.3 Å². The first-order valence-electron chi connectivity index (χ1n) is 11.1. The average molecular weight is 560 g/mol. The molecule has 0 aliphatic carbocycles. The monoisotopic (exact) mass is 559 g/mol. The zero-order valence-corrected chi connectivity index (χ0v) is 22.4. The summed E-state index contributed by atoms with van der Waals surface area (Å²) in [6, 6.07) is 11.6. The number of pyridine rings is 1. The second-order valence-corrected chi connectivity index (χ2v) is 10.3. The van der Waals surface area contributed by atoms with E-state index in [2.05, 4.69) is 20.0 Å². The summed E-state index contributed by atoms with van der Waals surface area (Å²) in [6.07, 6.45) is 3.03. The third kappa shape index (κ3) is 5.93. The molecular weight excluding hydrogens is 537 g/mol. The number of ether oxygens (including phenoxy) is 1. The van der Waals surface area contributed by atoms with Gasteiger partial charge in [-0.15, -0.1) is 0 Å². The van der Waals surface area contributed by atoms with Crippen LogP contribution in [0.2, 0.25) is 10.0 Å². The maximum absolute atomic E-state index is 13.2. The summed E-state index contributed by atoms with van der Waals surface area (Å²) in [5, 5.41) is 3.69. The van der Waals surface area contributed by atoms with Crippen molar-refractivity contribution in [3.8, 4) is 17.0 Å². The summed E-state index contributed by atoms with van der Waals surface area (Å²) >= 11 is 12.1. The molecule has 2 aromatic heterocycles. The van der Waals surface area contributed by atoms with Crippen LogP contribution in [0.25, 0.3) is 22.0 Å². The largest absolute Gasteiger partial charge is 0.480 e. The molecule has 0 saturated carbocycles. The minimum absolute atomic E-state index is 0.164. The fourth-order valence-electron chi connectivity index (χ4n) is 3.73. The minimum atomic E-state index is -1.71. The zero-order chi connectivity index (χ0) is 26.7. The number of fused-ring (bicyclic) bond motifs is 1. The number of nitrogens with one attached hydrogen (secondary N) is 2. The average Bonchev–Trinajstić information content (AvgIpc) is 2.89. The van der Waals surface area contributed by atoms with E-state index in [9.17, 15) is 13.8 Å². The van der Waals surface area contributed by atoms with Gasteiger partial charge in [-0.1, -0.05) is 36.2 Å². The summed E-state index contributed by atoms with van der Waals surface area (Å²) in [6.45, 7) is 1.94. The van der Waals surface area contributed by atoms with E-state index in [1.807, 2.05) is 6.07 Å². The molecule has 192 valence electrons. The maximum Gasteiger partial charge on any atom is 0.261 e. The Labute approximate surface area is 225 Å². The Morgan fingerprint density at radius 3 is 2.51 bits per heavy atom. The molecular formula is C25H23Cl2N5O4S. The van der Waals surface area contributed by atoms with Gasteiger partial charge in [0, 0.05) is 35.4 Å². The van der Waals surface area contributed by atoms with Gasteiger partial charge < -0.3 is 10.1 Å². The van der Waals surface area contributed by atoms with Gasteiger partial charge in [0.25, 0.3) is 5.56 Å². The molecule has 0 saturated heterocycles. The Bertz CT molecular complexity index is 1560. The normalized spacial score (nSPS) is 12.7. The number of amides is 1. The van der Waals surface area contributed by atoms with Gasteiger partial charge in [-0.3, -0.25) is 18.9 Å². The number of methoxy groups -OCH3 is 1. The number of halogens is 2. The number of nitrogens with zero attached hydrogens (tertiary/aromatic N) is 3. The van der Waals surface area contributed by atoms with Gasteiger partial charge >= 0.3 is 0 Å². The van der Waals surface area contributed by atoms with Gasteiger partial charge in [0.2, 0.25) is 11.8 Å². The van der Waals surface area contributed by atoms with Gasteiger partial charge in [0.15, 0.2) is 11.0 Å². The molecule has 0 bridgehead atoms. The molecule has 4 aromatic rings. The van der Waals surface area contributed by atoms with Crippen molar-refractivity contribution >= 4 is 56.7 Å². The molecule has 37 heavy (non-hydrogen) atoms. The van der Waals surface area contributed by atoms with E-state index in [4.69, 9.17) is 27.9 Å². The highest BCUT2D eigenvalue weighted by Crippen LogP contribution is 2.31. The third-order valence-corrected chi connectivity index (χ3v) is 7.12. The number of carbonyl (C=O) groups excluding carboxylic acids is 1. The second-order valence-electron chi connectivity index (χ2n) is 8.21. The van der Waals surface area contributed by atoms with Gasteiger partial charge in [-0.25, -0.2) is 14.2 Å². The van der Waals surface area contributed by atoms with E-state index in [1.54, 1.807) is 56.6 Å². The Balaban J connectivity index is 1.69.